The fraction of sp³-hybridized carbons (Fsp3) is 0.517. The third kappa shape index (κ3) is 4.74. The molecule has 0 unspecified atom stereocenters. The van der Waals surface area contributed by atoms with Gasteiger partial charge in [-0.1, -0.05) is 35.3 Å². The van der Waals surface area contributed by atoms with Gasteiger partial charge in [0, 0.05) is 35.7 Å². The first kappa shape index (κ1) is 25.8. The van der Waals surface area contributed by atoms with Crippen LogP contribution in [-0.4, -0.2) is 53.2 Å². The molecule has 0 spiro atoms. The number of aliphatic carboxylic acids is 1. The Hall–Kier alpha value is -2.48. The molecule has 38 heavy (non-hydrogen) atoms. The van der Waals surface area contributed by atoms with E-state index in [4.69, 9.17) is 32.6 Å². The fourth-order valence-corrected chi connectivity index (χ4v) is 7.06. The predicted octanol–water partition coefficient (Wildman–Crippen LogP) is 6.71. The monoisotopic (exact) mass is 556 g/mol. The van der Waals surface area contributed by atoms with Gasteiger partial charge >= 0.3 is 5.97 Å². The second-order valence-corrected chi connectivity index (χ2v) is 12.5. The maximum absolute atomic E-state index is 11.5. The van der Waals surface area contributed by atoms with Crippen LogP contribution in [0.5, 0.6) is 0 Å². The number of carboxylic acid groups (broad SMARTS) is 1. The third-order valence-corrected chi connectivity index (χ3v) is 9.51. The van der Waals surface area contributed by atoms with Gasteiger partial charge in [0.25, 0.3) is 6.01 Å². The van der Waals surface area contributed by atoms with Gasteiger partial charge in [-0.15, -0.1) is 0 Å². The number of oxazole rings is 1. The number of nitrogens with one attached hydrogen (secondary N) is 1. The number of piperidine rings is 1. The molecule has 1 aromatic heterocycles. The Morgan fingerprint density at radius 3 is 2.71 bits per heavy atom. The molecule has 6 rings (SSSR count). The Bertz CT molecular complexity index is 1350. The first-order valence-corrected chi connectivity index (χ1v) is 14.3. The molecule has 2 N–H and O–H groups in total. The number of hydrogen-bond acceptors (Lipinski definition) is 6. The number of carbonyl (C=O) groups is 1. The number of nitrogens with zero attached hydrogens (tertiary/aromatic N) is 3. The molecular weight excluding hydrogens is 523 g/mol. The molecule has 1 saturated carbocycles. The molecule has 7 nitrogen and oxygen atoms in total. The van der Waals surface area contributed by atoms with Crippen LogP contribution in [-0.2, 0) is 4.79 Å². The van der Waals surface area contributed by atoms with Crippen LogP contribution < -0.4 is 10.2 Å². The Morgan fingerprint density at radius 1 is 1.18 bits per heavy atom. The van der Waals surface area contributed by atoms with Crippen molar-refractivity contribution in [1.29, 1.82) is 0 Å². The second kappa shape index (κ2) is 9.92. The zero-order valence-corrected chi connectivity index (χ0v) is 23.3. The summed E-state index contributed by atoms with van der Waals surface area (Å²) in [5.41, 5.74) is 2.92. The molecule has 202 valence electrons. The van der Waals surface area contributed by atoms with E-state index in [9.17, 15) is 9.90 Å². The van der Waals surface area contributed by atoms with Crippen molar-refractivity contribution in [3.05, 3.63) is 52.0 Å². The highest BCUT2D eigenvalue weighted by molar-refractivity contribution is 6.35. The number of fused-ring (bicyclic) bond motifs is 1. The lowest BCUT2D eigenvalue weighted by atomic mass is 9.65. The van der Waals surface area contributed by atoms with Gasteiger partial charge in [-0.3, -0.25) is 4.79 Å². The number of hydrogen-bond donors (Lipinski definition) is 2. The Labute approximate surface area is 233 Å². The molecule has 2 saturated heterocycles. The SMILES string of the molecule is C[C@@H](Nc1cccc2oc(N3CC([C@H]4CCCN(C5CC(C)(C(=O)O)C5)C4)C3)nc12)c1ccc(Cl)cc1Cl. The maximum Gasteiger partial charge on any atom is 0.309 e. The number of likely N-dealkylation sites (tertiary alicyclic amines) is 1. The molecule has 3 fully saturated rings. The van der Waals surface area contributed by atoms with Crippen molar-refractivity contribution in [2.24, 2.45) is 17.3 Å². The minimum Gasteiger partial charge on any atom is -0.481 e. The molecule has 0 amide bonds. The lowest BCUT2D eigenvalue weighted by molar-refractivity contribution is -0.158. The summed E-state index contributed by atoms with van der Waals surface area (Å²) in [5.74, 6) is 0.601. The van der Waals surface area contributed by atoms with Crippen molar-refractivity contribution in [3.8, 4) is 0 Å². The van der Waals surface area contributed by atoms with Crippen LogP contribution in [0.2, 0.25) is 10.0 Å². The average molecular weight is 558 g/mol. The second-order valence-electron chi connectivity index (χ2n) is 11.7. The Balaban J connectivity index is 1.08. The number of rotatable bonds is 7. The van der Waals surface area contributed by atoms with Gasteiger partial charge in [0.05, 0.1) is 17.1 Å². The van der Waals surface area contributed by atoms with Crippen molar-refractivity contribution in [2.75, 3.05) is 36.4 Å². The molecule has 2 aromatic carbocycles. The average Bonchev–Trinajstić information content (AvgIpc) is 3.26. The van der Waals surface area contributed by atoms with Gasteiger partial charge in [-0.05, 0) is 87.7 Å². The molecule has 2 atom stereocenters. The van der Waals surface area contributed by atoms with Crippen molar-refractivity contribution < 1.29 is 14.3 Å². The normalized spacial score (nSPS) is 27.1. The number of aromatic nitrogens is 1. The number of carboxylic acids is 1. The van der Waals surface area contributed by atoms with Crippen molar-refractivity contribution in [2.45, 2.75) is 51.6 Å². The van der Waals surface area contributed by atoms with E-state index in [2.05, 4.69) is 22.0 Å². The van der Waals surface area contributed by atoms with Crippen LogP contribution >= 0.6 is 23.2 Å². The van der Waals surface area contributed by atoms with E-state index in [1.165, 1.54) is 12.8 Å². The number of anilines is 2. The topological polar surface area (TPSA) is 81.8 Å². The zero-order chi connectivity index (χ0) is 26.6. The van der Waals surface area contributed by atoms with Gasteiger partial charge in [0.1, 0.15) is 5.52 Å². The van der Waals surface area contributed by atoms with Crippen LogP contribution in [0.1, 0.15) is 51.1 Å². The molecule has 2 aliphatic heterocycles. The number of para-hydroxylation sites is 1. The van der Waals surface area contributed by atoms with E-state index >= 15 is 0 Å². The van der Waals surface area contributed by atoms with Crippen LogP contribution in [0.15, 0.2) is 40.8 Å². The van der Waals surface area contributed by atoms with E-state index in [-0.39, 0.29) is 6.04 Å². The van der Waals surface area contributed by atoms with Crippen LogP contribution in [0.3, 0.4) is 0 Å². The van der Waals surface area contributed by atoms with Gasteiger partial charge < -0.3 is 24.6 Å². The smallest absolute Gasteiger partial charge is 0.309 e. The highest BCUT2D eigenvalue weighted by Crippen LogP contribution is 2.45. The van der Waals surface area contributed by atoms with Crippen molar-refractivity contribution >= 4 is 52.0 Å². The summed E-state index contributed by atoms with van der Waals surface area (Å²) < 4.78 is 6.17. The molecule has 3 aromatic rings. The van der Waals surface area contributed by atoms with E-state index in [1.54, 1.807) is 6.07 Å². The lowest BCUT2D eigenvalue weighted by Crippen LogP contribution is -2.58. The Morgan fingerprint density at radius 2 is 1.97 bits per heavy atom. The summed E-state index contributed by atoms with van der Waals surface area (Å²) in [7, 11) is 0. The quantitative estimate of drug-likeness (QED) is 0.334. The first-order valence-electron chi connectivity index (χ1n) is 13.5. The molecule has 3 heterocycles. The molecule has 9 heteroatoms. The van der Waals surface area contributed by atoms with Gasteiger partial charge in [0.15, 0.2) is 5.58 Å². The first-order chi connectivity index (χ1) is 18.2. The van der Waals surface area contributed by atoms with E-state index < -0.39 is 11.4 Å². The lowest BCUT2D eigenvalue weighted by Gasteiger charge is -2.52. The summed E-state index contributed by atoms with van der Waals surface area (Å²) >= 11 is 12.5. The minimum absolute atomic E-state index is 0.0304. The standard InChI is InChI=1S/C29H34Cl2N4O3/c1-17(22-9-8-20(30)11-23(22)31)32-24-6-3-7-25-26(24)33-28(38-25)35-15-19(16-35)18-5-4-10-34(14-18)21-12-29(2,13-21)27(36)37/h3,6-9,11,17-19,21,32H,4-5,10,12-16H2,1-2H3,(H,36,37)/t17-,18+,21?,29?/m1/s1. The van der Waals surface area contributed by atoms with E-state index in [0.29, 0.717) is 33.9 Å². The molecule has 1 aliphatic carbocycles. The highest BCUT2D eigenvalue weighted by Gasteiger charge is 2.49. The third-order valence-electron chi connectivity index (χ3n) is 8.95. The fourth-order valence-electron chi connectivity index (χ4n) is 6.49. The zero-order valence-electron chi connectivity index (χ0n) is 21.8. The van der Waals surface area contributed by atoms with Gasteiger partial charge in [0.2, 0.25) is 0 Å². The molecule has 0 radical (unpaired) electrons. The van der Waals surface area contributed by atoms with Crippen LogP contribution in [0.4, 0.5) is 11.7 Å². The minimum atomic E-state index is -0.656. The van der Waals surface area contributed by atoms with Crippen LogP contribution in [0, 0.1) is 17.3 Å². The van der Waals surface area contributed by atoms with Gasteiger partial charge in [-0.2, -0.15) is 4.98 Å². The molecule has 0 bridgehead atoms. The van der Waals surface area contributed by atoms with Crippen molar-refractivity contribution in [3.63, 3.8) is 0 Å². The number of halogens is 2. The predicted molar refractivity (Wildman–Crippen MR) is 151 cm³/mol. The largest absolute Gasteiger partial charge is 0.481 e. The number of benzene rings is 2. The van der Waals surface area contributed by atoms with Gasteiger partial charge in [-0.25, -0.2) is 0 Å². The Kier molecular flexibility index (Phi) is 6.73. The molecule has 3 aliphatic rings. The summed E-state index contributed by atoms with van der Waals surface area (Å²) in [5, 5.41) is 14.3. The highest BCUT2D eigenvalue weighted by atomic mass is 35.5. The summed E-state index contributed by atoms with van der Waals surface area (Å²) in [6.45, 7) is 8.00. The van der Waals surface area contributed by atoms with E-state index in [0.717, 1.165) is 61.4 Å². The summed E-state index contributed by atoms with van der Waals surface area (Å²) in [4.78, 5) is 21.2. The van der Waals surface area contributed by atoms with Crippen LogP contribution in [0.25, 0.3) is 11.1 Å². The van der Waals surface area contributed by atoms with E-state index in [1.807, 2.05) is 37.3 Å². The summed E-state index contributed by atoms with van der Waals surface area (Å²) in [6.07, 6.45) is 3.97. The van der Waals surface area contributed by atoms with Crippen molar-refractivity contribution in [1.82, 2.24) is 9.88 Å². The molecular formula is C29H34Cl2N4O3. The summed E-state index contributed by atoms with van der Waals surface area (Å²) in [6, 6.07) is 12.6. The maximum atomic E-state index is 11.5.